The first kappa shape index (κ1) is 8.50. The smallest absolute Gasteiger partial charge is 0.0999 e. The average Bonchev–Trinajstić information content (AvgIpc) is 2.61. The van der Waals surface area contributed by atoms with Gasteiger partial charge in [-0.15, -0.1) is 11.3 Å². The van der Waals surface area contributed by atoms with E-state index in [0.29, 0.717) is 0 Å². The van der Waals surface area contributed by atoms with E-state index in [1.807, 2.05) is 17.5 Å². The third-order valence-corrected chi connectivity index (χ3v) is 4.19. The first-order valence-corrected chi connectivity index (χ1v) is 5.92. The van der Waals surface area contributed by atoms with Gasteiger partial charge in [0.1, 0.15) is 0 Å². The molecule has 74 valence electrons. The van der Waals surface area contributed by atoms with Gasteiger partial charge in [0.2, 0.25) is 0 Å². The van der Waals surface area contributed by atoms with Crippen LogP contribution in [0.4, 0.5) is 0 Å². The zero-order chi connectivity index (χ0) is 9.60. The number of aryl methyl sites for hydroxylation is 1. The number of aromatic amines is 1. The molecule has 3 rings (SSSR count). The van der Waals surface area contributed by atoms with E-state index >= 15 is 0 Å². The molecule has 14 heavy (non-hydrogen) atoms. The topological polar surface area (TPSA) is 41.8 Å². The number of thiophene rings is 1. The summed E-state index contributed by atoms with van der Waals surface area (Å²) >= 11 is 1.86. The first-order valence-electron chi connectivity index (χ1n) is 5.10. The minimum atomic E-state index is 0.192. The summed E-state index contributed by atoms with van der Waals surface area (Å²) in [4.78, 5) is 6.00. The van der Waals surface area contributed by atoms with Gasteiger partial charge in [0, 0.05) is 22.0 Å². The molecule has 0 spiro atoms. The van der Waals surface area contributed by atoms with Crippen molar-refractivity contribution in [3.8, 4) is 0 Å². The number of nitrogens with two attached hydrogens (primary N) is 1. The lowest BCUT2D eigenvalue weighted by Crippen LogP contribution is -2.21. The van der Waals surface area contributed by atoms with Gasteiger partial charge in [-0.3, -0.25) is 0 Å². The summed E-state index contributed by atoms with van der Waals surface area (Å²) in [7, 11) is 0. The Bertz CT molecular complexity index is 422. The van der Waals surface area contributed by atoms with E-state index in [1.165, 1.54) is 27.9 Å². The highest BCUT2D eigenvalue weighted by Gasteiger charge is 2.37. The van der Waals surface area contributed by atoms with Crippen molar-refractivity contribution in [1.29, 1.82) is 0 Å². The van der Waals surface area contributed by atoms with Gasteiger partial charge in [-0.2, -0.15) is 0 Å². The molecule has 0 aliphatic heterocycles. The minimum Gasteiger partial charge on any atom is -0.353 e. The summed E-state index contributed by atoms with van der Waals surface area (Å²) < 4.78 is 0. The second-order valence-electron chi connectivity index (χ2n) is 4.34. The average molecular weight is 206 g/mol. The second kappa shape index (κ2) is 2.84. The van der Waals surface area contributed by atoms with Crippen molar-refractivity contribution in [2.45, 2.75) is 31.2 Å². The Balaban J connectivity index is 1.75. The monoisotopic (exact) mass is 206 g/mol. The van der Waals surface area contributed by atoms with Gasteiger partial charge in [0.05, 0.1) is 4.83 Å². The molecule has 1 aliphatic carbocycles. The summed E-state index contributed by atoms with van der Waals surface area (Å²) in [5.74, 6) is 0. The molecule has 3 N–H and O–H groups in total. The SMILES string of the molecule is NC1(CCc2cc3cc[nH]c3s2)CC1. The zero-order valence-electron chi connectivity index (χ0n) is 8.05. The van der Waals surface area contributed by atoms with Crippen molar-refractivity contribution < 1.29 is 0 Å². The van der Waals surface area contributed by atoms with E-state index in [2.05, 4.69) is 17.1 Å². The van der Waals surface area contributed by atoms with Crippen LogP contribution in [0.25, 0.3) is 10.2 Å². The summed E-state index contributed by atoms with van der Waals surface area (Å²) in [6, 6.07) is 4.41. The standard InChI is InChI=1S/C11H14N2S/c12-11(4-5-11)3-1-9-7-8-2-6-13-10(8)14-9/h2,6-7,13H,1,3-5,12H2. The number of H-pyrrole nitrogens is 1. The molecular weight excluding hydrogens is 192 g/mol. The van der Waals surface area contributed by atoms with Crippen LogP contribution in [-0.2, 0) is 6.42 Å². The predicted molar refractivity (Wildman–Crippen MR) is 60.6 cm³/mol. The molecule has 3 heteroatoms. The molecule has 1 fully saturated rings. The van der Waals surface area contributed by atoms with Gasteiger partial charge in [-0.1, -0.05) is 0 Å². The highest BCUT2D eigenvalue weighted by atomic mass is 32.1. The maximum Gasteiger partial charge on any atom is 0.0999 e. The fourth-order valence-electron chi connectivity index (χ4n) is 1.81. The molecule has 1 aliphatic rings. The van der Waals surface area contributed by atoms with E-state index in [9.17, 15) is 0 Å². The van der Waals surface area contributed by atoms with E-state index in [0.717, 1.165) is 12.8 Å². The molecule has 2 nitrogen and oxygen atoms in total. The number of hydrogen-bond donors (Lipinski definition) is 2. The summed E-state index contributed by atoms with van der Waals surface area (Å²) in [5, 5.41) is 1.34. The van der Waals surface area contributed by atoms with Crippen LogP contribution in [-0.4, -0.2) is 10.5 Å². The minimum absolute atomic E-state index is 0.192. The van der Waals surface area contributed by atoms with Crippen molar-refractivity contribution in [3.63, 3.8) is 0 Å². The quantitative estimate of drug-likeness (QED) is 0.796. The molecule has 0 unspecified atom stereocenters. The van der Waals surface area contributed by atoms with Crippen LogP contribution in [0, 0.1) is 0 Å². The van der Waals surface area contributed by atoms with Crippen LogP contribution in [0.1, 0.15) is 24.1 Å². The van der Waals surface area contributed by atoms with Crippen molar-refractivity contribution in [1.82, 2.24) is 4.98 Å². The lowest BCUT2D eigenvalue weighted by molar-refractivity contribution is 0.612. The fourth-order valence-corrected chi connectivity index (χ4v) is 2.83. The number of hydrogen-bond acceptors (Lipinski definition) is 2. The Labute approximate surface area is 87.1 Å². The molecule has 0 atom stereocenters. The highest BCUT2D eigenvalue weighted by molar-refractivity contribution is 7.18. The first-order chi connectivity index (χ1) is 6.75. The lowest BCUT2D eigenvalue weighted by atomic mass is 10.1. The van der Waals surface area contributed by atoms with Gasteiger partial charge in [0.15, 0.2) is 0 Å². The van der Waals surface area contributed by atoms with Crippen molar-refractivity contribution >= 4 is 21.6 Å². The van der Waals surface area contributed by atoms with Gasteiger partial charge in [0.25, 0.3) is 0 Å². The van der Waals surface area contributed by atoms with E-state index in [1.54, 1.807) is 0 Å². The summed E-state index contributed by atoms with van der Waals surface area (Å²) in [5.41, 5.74) is 6.25. The van der Waals surface area contributed by atoms with Crippen molar-refractivity contribution in [3.05, 3.63) is 23.2 Å². The van der Waals surface area contributed by atoms with Crippen LogP contribution in [0.15, 0.2) is 18.3 Å². The third kappa shape index (κ3) is 1.47. The van der Waals surface area contributed by atoms with Crippen LogP contribution in [0.5, 0.6) is 0 Å². The number of fused-ring (bicyclic) bond motifs is 1. The Morgan fingerprint density at radius 3 is 3.07 bits per heavy atom. The van der Waals surface area contributed by atoms with Crippen LogP contribution in [0.3, 0.4) is 0 Å². The second-order valence-corrected chi connectivity index (χ2v) is 5.47. The maximum absolute atomic E-state index is 6.06. The summed E-state index contributed by atoms with van der Waals surface area (Å²) in [6.45, 7) is 0. The number of nitrogens with one attached hydrogen (secondary N) is 1. The molecule has 0 saturated heterocycles. The molecular formula is C11H14N2S. The van der Waals surface area contributed by atoms with Crippen LogP contribution in [0.2, 0.25) is 0 Å². The zero-order valence-corrected chi connectivity index (χ0v) is 8.86. The lowest BCUT2D eigenvalue weighted by Gasteiger charge is -2.05. The molecule has 1 saturated carbocycles. The van der Waals surface area contributed by atoms with E-state index in [-0.39, 0.29) is 5.54 Å². The number of aromatic nitrogens is 1. The Hall–Kier alpha value is -0.800. The molecule has 2 heterocycles. The molecule has 0 radical (unpaired) electrons. The molecule has 2 aromatic rings. The van der Waals surface area contributed by atoms with Gasteiger partial charge >= 0.3 is 0 Å². The molecule has 2 aromatic heterocycles. The highest BCUT2D eigenvalue weighted by Crippen LogP contribution is 2.37. The molecule has 0 bridgehead atoms. The fraction of sp³-hybridized carbons (Fsp3) is 0.455. The van der Waals surface area contributed by atoms with Crippen LogP contribution >= 0.6 is 11.3 Å². The molecule has 0 aromatic carbocycles. The molecule has 0 amide bonds. The Morgan fingerprint density at radius 2 is 2.36 bits per heavy atom. The number of rotatable bonds is 3. The normalized spacial score (nSPS) is 18.9. The van der Waals surface area contributed by atoms with Crippen molar-refractivity contribution in [2.75, 3.05) is 0 Å². The summed E-state index contributed by atoms with van der Waals surface area (Å²) in [6.07, 6.45) is 6.72. The third-order valence-electron chi connectivity index (χ3n) is 3.05. The maximum atomic E-state index is 6.06. The van der Waals surface area contributed by atoms with E-state index < -0.39 is 0 Å². The van der Waals surface area contributed by atoms with Gasteiger partial charge in [-0.25, -0.2) is 0 Å². The Morgan fingerprint density at radius 1 is 1.50 bits per heavy atom. The van der Waals surface area contributed by atoms with E-state index in [4.69, 9.17) is 5.73 Å². The Kier molecular flexibility index (Phi) is 1.73. The van der Waals surface area contributed by atoms with Gasteiger partial charge in [-0.05, 0) is 37.8 Å². The van der Waals surface area contributed by atoms with Crippen molar-refractivity contribution in [2.24, 2.45) is 5.73 Å². The van der Waals surface area contributed by atoms with Gasteiger partial charge < -0.3 is 10.7 Å². The largest absolute Gasteiger partial charge is 0.353 e. The predicted octanol–water partition coefficient (Wildman–Crippen LogP) is 2.65. The van der Waals surface area contributed by atoms with Crippen LogP contribution < -0.4 is 5.73 Å².